The molecule has 0 bridgehead atoms. The Balaban J connectivity index is 1.92. The van der Waals surface area contributed by atoms with Crippen LogP contribution in [0.2, 0.25) is 0 Å². The summed E-state index contributed by atoms with van der Waals surface area (Å²) in [5.74, 6) is -1.88. The third kappa shape index (κ3) is 3.57. The van der Waals surface area contributed by atoms with Crippen molar-refractivity contribution in [2.45, 2.75) is 13.0 Å². The molecule has 1 heterocycles. The summed E-state index contributed by atoms with van der Waals surface area (Å²) in [6, 6.07) is 20.3. The van der Waals surface area contributed by atoms with E-state index in [1.807, 2.05) is 6.92 Å². The predicted octanol–water partition coefficient (Wildman–Crippen LogP) is 4.53. The third-order valence-corrected chi connectivity index (χ3v) is 5.22. The van der Waals surface area contributed by atoms with Crippen LogP contribution in [0, 0.1) is 17.0 Å². The first-order valence-electron chi connectivity index (χ1n) is 9.56. The molecule has 154 valence electrons. The summed E-state index contributed by atoms with van der Waals surface area (Å²) in [5.41, 5.74) is 2.17. The second-order valence-electron chi connectivity index (χ2n) is 7.22. The van der Waals surface area contributed by atoms with Crippen molar-refractivity contribution >= 4 is 28.8 Å². The van der Waals surface area contributed by atoms with Crippen LogP contribution in [-0.4, -0.2) is 21.7 Å². The lowest BCUT2D eigenvalue weighted by molar-refractivity contribution is -0.384. The number of non-ortho nitro benzene ring substituents is 1. The fraction of sp³-hybridized carbons (Fsp3) is 0.0833. The highest BCUT2D eigenvalue weighted by atomic mass is 16.6. The Labute approximate surface area is 178 Å². The summed E-state index contributed by atoms with van der Waals surface area (Å²) >= 11 is 0. The molecule has 3 aromatic carbocycles. The first kappa shape index (κ1) is 20.0. The number of carbonyl (C=O) groups excluding carboxylic acids is 2. The summed E-state index contributed by atoms with van der Waals surface area (Å²) in [7, 11) is 0. The first-order chi connectivity index (χ1) is 14.9. The van der Waals surface area contributed by atoms with E-state index in [2.05, 4.69) is 0 Å². The number of aliphatic hydroxyl groups is 1. The van der Waals surface area contributed by atoms with Gasteiger partial charge in [-0.05, 0) is 36.8 Å². The molecule has 0 radical (unpaired) electrons. The van der Waals surface area contributed by atoms with E-state index in [0.29, 0.717) is 16.8 Å². The lowest BCUT2D eigenvalue weighted by Gasteiger charge is -2.25. The second-order valence-corrected chi connectivity index (χ2v) is 7.22. The lowest BCUT2D eigenvalue weighted by Crippen LogP contribution is -2.29. The van der Waals surface area contributed by atoms with Crippen molar-refractivity contribution < 1.29 is 19.6 Å². The highest BCUT2D eigenvalue weighted by Crippen LogP contribution is 2.42. The fourth-order valence-electron chi connectivity index (χ4n) is 3.65. The molecule has 1 fully saturated rings. The quantitative estimate of drug-likeness (QED) is 0.222. The van der Waals surface area contributed by atoms with Crippen LogP contribution in [0.15, 0.2) is 84.4 Å². The zero-order chi connectivity index (χ0) is 22.1. The van der Waals surface area contributed by atoms with Gasteiger partial charge in [-0.2, -0.15) is 0 Å². The molecule has 31 heavy (non-hydrogen) atoms. The molecule has 1 amide bonds. The van der Waals surface area contributed by atoms with E-state index >= 15 is 0 Å². The first-order valence-corrected chi connectivity index (χ1v) is 9.56. The summed E-state index contributed by atoms with van der Waals surface area (Å²) in [4.78, 5) is 37.8. The Morgan fingerprint density at radius 1 is 0.935 bits per heavy atom. The number of hydrogen-bond acceptors (Lipinski definition) is 5. The Bertz CT molecular complexity index is 1200. The van der Waals surface area contributed by atoms with Crippen molar-refractivity contribution in [2.75, 3.05) is 4.90 Å². The van der Waals surface area contributed by atoms with Gasteiger partial charge in [-0.25, -0.2) is 0 Å². The van der Waals surface area contributed by atoms with Crippen LogP contribution < -0.4 is 4.90 Å². The number of carbonyl (C=O) groups is 2. The zero-order valence-electron chi connectivity index (χ0n) is 16.6. The van der Waals surface area contributed by atoms with E-state index in [0.717, 1.165) is 5.56 Å². The maximum Gasteiger partial charge on any atom is 0.300 e. The Kier molecular flexibility index (Phi) is 5.09. The van der Waals surface area contributed by atoms with Crippen molar-refractivity contribution in [1.29, 1.82) is 0 Å². The number of aliphatic hydroxyl groups excluding tert-OH is 1. The van der Waals surface area contributed by atoms with E-state index in [1.165, 1.54) is 29.2 Å². The molecule has 0 saturated carbocycles. The smallest absolute Gasteiger partial charge is 0.300 e. The average Bonchev–Trinajstić information content (AvgIpc) is 3.05. The summed E-state index contributed by atoms with van der Waals surface area (Å²) in [5, 5.41) is 22.1. The molecule has 4 rings (SSSR count). The highest BCUT2D eigenvalue weighted by Gasteiger charge is 2.47. The van der Waals surface area contributed by atoms with Crippen molar-refractivity contribution in [2.24, 2.45) is 0 Å². The van der Waals surface area contributed by atoms with Gasteiger partial charge in [0.05, 0.1) is 16.5 Å². The van der Waals surface area contributed by atoms with Gasteiger partial charge in [0.15, 0.2) is 0 Å². The van der Waals surface area contributed by atoms with Gasteiger partial charge in [-0.1, -0.05) is 48.0 Å². The third-order valence-electron chi connectivity index (χ3n) is 5.22. The normalized spacial score (nSPS) is 17.7. The zero-order valence-corrected chi connectivity index (χ0v) is 16.6. The predicted molar refractivity (Wildman–Crippen MR) is 116 cm³/mol. The number of amides is 1. The monoisotopic (exact) mass is 414 g/mol. The number of benzene rings is 3. The van der Waals surface area contributed by atoms with Crippen LogP contribution in [0.25, 0.3) is 5.76 Å². The Morgan fingerprint density at radius 2 is 1.55 bits per heavy atom. The molecule has 0 unspecified atom stereocenters. The minimum absolute atomic E-state index is 0.0634. The van der Waals surface area contributed by atoms with Crippen molar-refractivity contribution in [3.05, 3.63) is 111 Å². The molecule has 3 aromatic rings. The van der Waals surface area contributed by atoms with Crippen LogP contribution in [0.4, 0.5) is 11.4 Å². The van der Waals surface area contributed by atoms with Gasteiger partial charge in [0.25, 0.3) is 17.4 Å². The number of Topliss-reactive ketones (excluding diaryl/α,β-unsaturated/α-hetero) is 1. The molecule has 1 N–H and O–H groups in total. The van der Waals surface area contributed by atoms with Crippen LogP contribution in [0.3, 0.4) is 0 Å². The van der Waals surface area contributed by atoms with E-state index in [4.69, 9.17) is 0 Å². The number of hydrogen-bond donors (Lipinski definition) is 1. The molecular formula is C24H18N2O5. The van der Waals surface area contributed by atoms with Crippen molar-refractivity contribution in [3.63, 3.8) is 0 Å². The van der Waals surface area contributed by atoms with E-state index in [1.54, 1.807) is 54.6 Å². The molecule has 7 heteroatoms. The maximum atomic E-state index is 13.0. The number of nitrogens with zero attached hydrogens (tertiary/aromatic N) is 2. The fourth-order valence-corrected chi connectivity index (χ4v) is 3.65. The minimum Gasteiger partial charge on any atom is -0.507 e. The molecule has 1 aliphatic rings. The van der Waals surface area contributed by atoms with Crippen molar-refractivity contribution in [1.82, 2.24) is 0 Å². The maximum absolute atomic E-state index is 13.0. The number of para-hydroxylation sites is 1. The van der Waals surface area contributed by atoms with Crippen LogP contribution in [-0.2, 0) is 9.59 Å². The molecule has 0 spiro atoms. The van der Waals surface area contributed by atoms with E-state index in [-0.39, 0.29) is 17.0 Å². The number of anilines is 1. The van der Waals surface area contributed by atoms with Crippen molar-refractivity contribution in [3.8, 4) is 0 Å². The lowest BCUT2D eigenvalue weighted by atomic mass is 9.94. The number of nitro benzene ring substituents is 1. The highest BCUT2D eigenvalue weighted by molar-refractivity contribution is 6.51. The SMILES string of the molecule is Cc1ccc(C(O)=C2C(=O)C(=O)N(c3ccccc3)[C@@H]2c2ccc([N+](=O)[O-])cc2)cc1. The number of aryl methyl sites for hydroxylation is 1. The van der Waals surface area contributed by atoms with E-state index < -0.39 is 22.7 Å². The average molecular weight is 414 g/mol. The summed E-state index contributed by atoms with van der Waals surface area (Å²) < 4.78 is 0. The molecule has 7 nitrogen and oxygen atoms in total. The minimum atomic E-state index is -0.926. The Hall–Kier alpha value is -4.26. The van der Waals surface area contributed by atoms with Gasteiger partial charge in [0.2, 0.25) is 0 Å². The topological polar surface area (TPSA) is 101 Å². The van der Waals surface area contributed by atoms with Gasteiger partial charge in [-0.15, -0.1) is 0 Å². The number of ketones is 1. The van der Waals surface area contributed by atoms with Gasteiger partial charge in [0, 0.05) is 23.4 Å². The largest absolute Gasteiger partial charge is 0.507 e. The van der Waals surface area contributed by atoms with Crippen LogP contribution >= 0.6 is 0 Å². The van der Waals surface area contributed by atoms with Gasteiger partial charge >= 0.3 is 0 Å². The molecule has 1 saturated heterocycles. The molecule has 1 atom stereocenters. The van der Waals surface area contributed by atoms with Crippen LogP contribution in [0.1, 0.15) is 22.7 Å². The van der Waals surface area contributed by atoms with Gasteiger partial charge in [0.1, 0.15) is 5.76 Å². The van der Waals surface area contributed by atoms with Crippen LogP contribution in [0.5, 0.6) is 0 Å². The van der Waals surface area contributed by atoms with E-state index in [9.17, 15) is 24.8 Å². The molecule has 0 aliphatic carbocycles. The van der Waals surface area contributed by atoms with Gasteiger partial charge in [-0.3, -0.25) is 24.6 Å². The van der Waals surface area contributed by atoms with Gasteiger partial charge < -0.3 is 5.11 Å². The molecular weight excluding hydrogens is 396 g/mol. The summed E-state index contributed by atoms with van der Waals surface area (Å²) in [6.07, 6.45) is 0. The number of rotatable bonds is 4. The second kappa shape index (κ2) is 7.87. The molecule has 0 aromatic heterocycles. The number of nitro groups is 1. The standard InChI is InChI=1S/C24H18N2O5/c1-15-7-9-17(10-8-15)22(27)20-21(16-11-13-19(14-12-16)26(30)31)25(24(29)23(20)28)18-5-3-2-4-6-18/h2-14,21,27H,1H3/t21-/m1/s1. The molecule has 1 aliphatic heterocycles. The Morgan fingerprint density at radius 3 is 2.13 bits per heavy atom. The summed E-state index contributed by atoms with van der Waals surface area (Å²) in [6.45, 7) is 1.90.